The van der Waals surface area contributed by atoms with Gasteiger partial charge in [-0.05, 0) is 24.7 Å². The highest BCUT2D eigenvalue weighted by atomic mass is 35.5. The van der Waals surface area contributed by atoms with Crippen LogP contribution in [0.5, 0.6) is 5.75 Å². The number of hydrogen-bond acceptors (Lipinski definition) is 7. The van der Waals surface area contributed by atoms with Crippen LogP contribution in [0.3, 0.4) is 0 Å². The normalized spacial score (nSPS) is 15.4. The van der Waals surface area contributed by atoms with Crippen molar-refractivity contribution in [3.8, 4) is 5.75 Å². The fraction of sp³-hybridized carbons (Fsp3) is 0.438. The van der Waals surface area contributed by atoms with Crippen molar-refractivity contribution in [1.29, 1.82) is 0 Å². The molecule has 0 spiro atoms. The minimum atomic E-state index is 0.422. The van der Waals surface area contributed by atoms with Gasteiger partial charge in [0.05, 0.1) is 19.0 Å². The molecule has 7 nitrogen and oxygen atoms in total. The molecule has 1 aliphatic rings. The van der Waals surface area contributed by atoms with Crippen molar-refractivity contribution in [1.82, 2.24) is 20.1 Å². The monoisotopic (exact) mass is 348 g/mol. The van der Waals surface area contributed by atoms with E-state index >= 15 is 0 Å². The van der Waals surface area contributed by atoms with Crippen LogP contribution in [0.2, 0.25) is 5.02 Å². The number of rotatable bonds is 5. The average molecular weight is 349 g/mol. The summed E-state index contributed by atoms with van der Waals surface area (Å²) in [6.45, 7) is 7.20. The van der Waals surface area contributed by atoms with E-state index in [2.05, 4.69) is 37.2 Å². The number of methoxy groups -OCH3 is 1. The number of benzene rings is 1. The van der Waals surface area contributed by atoms with Gasteiger partial charge in [-0.25, -0.2) is 0 Å². The highest BCUT2D eigenvalue weighted by Gasteiger charge is 2.18. The quantitative estimate of drug-likeness (QED) is 0.890. The summed E-state index contributed by atoms with van der Waals surface area (Å²) in [5, 5.41) is 11.9. The molecule has 1 saturated heterocycles. The molecule has 0 bridgehead atoms. The van der Waals surface area contributed by atoms with E-state index < -0.39 is 0 Å². The molecule has 1 aliphatic heterocycles. The van der Waals surface area contributed by atoms with Crippen LogP contribution in [-0.2, 0) is 0 Å². The summed E-state index contributed by atoms with van der Waals surface area (Å²) in [5.41, 5.74) is 0.708. The number of halogens is 1. The Morgan fingerprint density at radius 3 is 2.75 bits per heavy atom. The van der Waals surface area contributed by atoms with Gasteiger partial charge in [0, 0.05) is 31.2 Å². The summed E-state index contributed by atoms with van der Waals surface area (Å²) in [6, 6.07) is 5.34. The van der Waals surface area contributed by atoms with Gasteiger partial charge in [-0.1, -0.05) is 18.5 Å². The lowest BCUT2D eigenvalue weighted by Gasteiger charge is -2.34. The zero-order chi connectivity index (χ0) is 16.9. The number of likely N-dealkylation sites (N-methyl/N-ethyl adjacent to an activating group) is 1. The second-order valence-corrected chi connectivity index (χ2v) is 5.97. The Balaban J connectivity index is 1.75. The van der Waals surface area contributed by atoms with E-state index in [0.29, 0.717) is 22.4 Å². The minimum Gasteiger partial charge on any atom is -0.495 e. The molecule has 8 heteroatoms. The maximum atomic E-state index is 6.06. The molecular weight excluding hydrogens is 328 g/mol. The van der Waals surface area contributed by atoms with Crippen molar-refractivity contribution in [2.45, 2.75) is 6.92 Å². The van der Waals surface area contributed by atoms with E-state index in [-0.39, 0.29) is 0 Å². The fourth-order valence-corrected chi connectivity index (χ4v) is 2.86. The van der Waals surface area contributed by atoms with Crippen LogP contribution < -0.4 is 15.0 Å². The molecule has 0 amide bonds. The summed E-state index contributed by atoms with van der Waals surface area (Å²) in [5.74, 6) is 1.92. The second-order valence-electron chi connectivity index (χ2n) is 5.53. The van der Waals surface area contributed by atoms with Crippen molar-refractivity contribution < 1.29 is 4.74 Å². The Morgan fingerprint density at radius 1 is 1.25 bits per heavy atom. The van der Waals surface area contributed by atoms with E-state index in [9.17, 15) is 0 Å². The molecule has 2 heterocycles. The van der Waals surface area contributed by atoms with E-state index in [1.54, 1.807) is 31.5 Å². The molecule has 0 radical (unpaired) electrons. The van der Waals surface area contributed by atoms with Crippen LogP contribution in [0.25, 0.3) is 0 Å². The average Bonchev–Trinajstić information content (AvgIpc) is 2.62. The molecule has 1 N–H and O–H groups in total. The summed E-state index contributed by atoms with van der Waals surface area (Å²) < 4.78 is 5.33. The molecule has 1 aromatic heterocycles. The first-order chi connectivity index (χ1) is 11.7. The van der Waals surface area contributed by atoms with Gasteiger partial charge in [0.2, 0.25) is 5.95 Å². The van der Waals surface area contributed by atoms with E-state index in [1.165, 1.54) is 0 Å². The molecule has 0 unspecified atom stereocenters. The molecule has 1 fully saturated rings. The number of ether oxygens (including phenoxy) is 1. The molecule has 3 rings (SSSR count). The van der Waals surface area contributed by atoms with Gasteiger partial charge in [-0.3, -0.25) is 0 Å². The first-order valence-corrected chi connectivity index (χ1v) is 8.35. The Kier molecular flexibility index (Phi) is 5.32. The Hall–Kier alpha value is -2.12. The molecule has 128 valence electrons. The molecular formula is C16H21ClN6O. The number of hydrogen-bond donors (Lipinski definition) is 1. The Bertz CT molecular complexity index is 690. The molecule has 0 saturated carbocycles. The van der Waals surface area contributed by atoms with Gasteiger partial charge in [0.1, 0.15) is 5.75 Å². The van der Waals surface area contributed by atoms with Gasteiger partial charge in [0.15, 0.2) is 5.82 Å². The minimum absolute atomic E-state index is 0.422. The second kappa shape index (κ2) is 7.63. The van der Waals surface area contributed by atoms with E-state index in [0.717, 1.165) is 38.5 Å². The lowest BCUT2D eigenvalue weighted by atomic mass is 10.3. The first-order valence-electron chi connectivity index (χ1n) is 7.97. The number of anilines is 3. The third kappa shape index (κ3) is 3.85. The van der Waals surface area contributed by atoms with Crippen molar-refractivity contribution in [3.63, 3.8) is 0 Å². The van der Waals surface area contributed by atoms with Crippen LogP contribution in [0, 0.1) is 0 Å². The highest BCUT2D eigenvalue weighted by molar-refractivity contribution is 6.30. The fourth-order valence-electron chi connectivity index (χ4n) is 2.69. The van der Waals surface area contributed by atoms with Crippen LogP contribution >= 0.6 is 11.6 Å². The van der Waals surface area contributed by atoms with Gasteiger partial charge in [-0.2, -0.15) is 10.1 Å². The predicted octanol–water partition coefficient (Wildman–Crippen LogP) is 2.42. The molecule has 24 heavy (non-hydrogen) atoms. The Morgan fingerprint density at radius 2 is 2.04 bits per heavy atom. The van der Waals surface area contributed by atoms with Gasteiger partial charge >= 0.3 is 0 Å². The summed E-state index contributed by atoms with van der Waals surface area (Å²) >= 11 is 6.06. The molecule has 0 aliphatic carbocycles. The number of piperazine rings is 1. The largest absolute Gasteiger partial charge is 0.495 e. The molecule has 1 aromatic carbocycles. The molecule has 0 atom stereocenters. The number of aromatic nitrogens is 3. The maximum absolute atomic E-state index is 6.06. The van der Waals surface area contributed by atoms with Gasteiger partial charge < -0.3 is 19.9 Å². The third-order valence-corrected chi connectivity index (χ3v) is 4.33. The summed E-state index contributed by atoms with van der Waals surface area (Å²) in [4.78, 5) is 9.21. The lowest BCUT2D eigenvalue weighted by Crippen LogP contribution is -2.46. The van der Waals surface area contributed by atoms with Crippen LogP contribution in [0.4, 0.5) is 17.5 Å². The van der Waals surface area contributed by atoms with Crippen LogP contribution in [-0.4, -0.2) is 59.9 Å². The van der Waals surface area contributed by atoms with Gasteiger partial charge in [-0.15, -0.1) is 5.10 Å². The van der Waals surface area contributed by atoms with E-state index in [4.69, 9.17) is 16.3 Å². The van der Waals surface area contributed by atoms with Crippen molar-refractivity contribution in [2.24, 2.45) is 0 Å². The third-order valence-electron chi connectivity index (χ3n) is 4.10. The van der Waals surface area contributed by atoms with Crippen molar-refractivity contribution in [3.05, 3.63) is 29.4 Å². The number of nitrogens with zero attached hydrogens (tertiary/aromatic N) is 5. The lowest BCUT2D eigenvalue weighted by molar-refractivity contribution is 0.270. The standard InChI is InChI=1S/C16H21ClN6O/c1-3-22-6-8-23(9-7-22)15-11-18-21-16(20-15)19-13-10-12(17)4-5-14(13)24-2/h4-5,10-11H,3,6-9H2,1-2H3,(H,19,20,21). The summed E-state index contributed by atoms with van der Waals surface area (Å²) in [6.07, 6.45) is 1.70. The highest BCUT2D eigenvalue weighted by Crippen LogP contribution is 2.29. The van der Waals surface area contributed by atoms with Gasteiger partial charge in [0.25, 0.3) is 0 Å². The summed E-state index contributed by atoms with van der Waals surface area (Å²) in [7, 11) is 1.61. The number of nitrogens with one attached hydrogen (secondary N) is 1. The Labute approximate surface area is 146 Å². The van der Waals surface area contributed by atoms with E-state index in [1.807, 2.05) is 0 Å². The first kappa shape index (κ1) is 16.7. The maximum Gasteiger partial charge on any atom is 0.249 e. The molecule has 2 aromatic rings. The van der Waals surface area contributed by atoms with Crippen LogP contribution in [0.15, 0.2) is 24.4 Å². The zero-order valence-electron chi connectivity index (χ0n) is 13.9. The SMILES string of the molecule is CCN1CCN(c2cnnc(Nc3cc(Cl)ccc3OC)n2)CC1. The van der Waals surface area contributed by atoms with Crippen LogP contribution in [0.1, 0.15) is 6.92 Å². The van der Waals surface area contributed by atoms with Crippen molar-refractivity contribution >= 4 is 29.1 Å². The predicted molar refractivity (Wildman–Crippen MR) is 95.4 cm³/mol. The topological polar surface area (TPSA) is 66.4 Å². The zero-order valence-corrected chi connectivity index (χ0v) is 14.6. The smallest absolute Gasteiger partial charge is 0.249 e. The van der Waals surface area contributed by atoms with Crippen molar-refractivity contribution in [2.75, 3.05) is 50.1 Å².